The number of nitrogens with one attached hydrogen (secondary N) is 1. The molecule has 2 unspecified atom stereocenters. The van der Waals surface area contributed by atoms with E-state index in [1.54, 1.807) is 0 Å². The van der Waals surface area contributed by atoms with E-state index in [2.05, 4.69) is 29.6 Å². The number of hydrogen-bond acceptors (Lipinski definition) is 3. The van der Waals surface area contributed by atoms with Gasteiger partial charge >= 0.3 is 0 Å². The van der Waals surface area contributed by atoms with Crippen molar-refractivity contribution in [2.75, 3.05) is 6.54 Å². The van der Waals surface area contributed by atoms with Crippen LogP contribution in [0.3, 0.4) is 0 Å². The molecular weight excluding hydrogens is 256 g/mol. The Hall–Kier alpha value is -1.00. The average molecular weight is 278 g/mol. The summed E-state index contributed by atoms with van der Waals surface area (Å²) in [7, 11) is 0. The first-order chi connectivity index (χ1) is 9.02. The van der Waals surface area contributed by atoms with Crippen LogP contribution >= 0.6 is 11.8 Å². The highest BCUT2D eigenvalue weighted by atomic mass is 32.2. The molecular formula is C15H22N2OS. The smallest absolute Gasteiger partial charge is 0.224 e. The second kappa shape index (κ2) is 5.97. The number of benzene rings is 1. The topological polar surface area (TPSA) is 55.1 Å². The van der Waals surface area contributed by atoms with Crippen LogP contribution in [0.1, 0.15) is 26.7 Å². The number of hydrogen-bond donors (Lipinski definition) is 2. The normalized spacial score (nSPS) is 19.5. The van der Waals surface area contributed by atoms with Crippen molar-refractivity contribution in [1.82, 2.24) is 5.32 Å². The Morgan fingerprint density at radius 1 is 1.37 bits per heavy atom. The summed E-state index contributed by atoms with van der Waals surface area (Å²) >= 11 is 1.87. The van der Waals surface area contributed by atoms with Crippen molar-refractivity contribution in [3.8, 4) is 0 Å². The van der Waals surface area contributed by atoms with Crippen LogP contribution in [-0.2, 0) is 4.79 Å². The lowest BCUT2D eigenvalue weighted by Gasteiger charge is -2.19. The lowest BCUT2D eigenvalue weighted by Crippen LogP contribution is -2.41. The van der Waals surface area contributed by atoms with Crippen molar-refractivity contribution in [2.45, 2.75) is 42.4 Å². The van der Waals surface area contributed by atoms with Gasteiger partial charge in [-0.2, -0.15) is 0 Å². The highest BCUT2D eigenvalue weighted by molar-refractivity contribution is 8.01. The van der Waals surface area contributed by atoms with E-state index in [0.29, 0.717) is 0 Å². The van der Waals surface area contributed by atoms with Gasteiger partial charge in [-0.1, -0.05) is 25.1 Å². The molecule has 1 amide bonds. The number of amides is 1. The molecule has 1 saturated carbocycles. The monoisotopic (exact) mass is 278 g/mol. The zero-order valence-electron chi connectivity index (χ0n) is 11.6. The lowest BCUT2D eigenvalue weighted by atomic mass is 10.0. The second-order valence-corrected chi connectivity index (χ2v) is 7.01. The predicted octanol–water partition coefficient (Wildman–Crippen LogP) is 2.41. The van der Waals surface area contributed by atoms with E-state index in [1.807, 2.05) is 31.7 Å². The van der Waals surface area contributed by atoms with E-state index in [9.17, 15) is 4.79 Å². The summed E-state index contributed by atoms with van der Waals surface area (Å²) in [4.78, 5) is 13.2. The van der Waals surface area contributed by atoms with Crippen molar-refractivity contribution >= 4 is 17.7 Å². The highest BCUT2D eigenvalue weighted by Gasteiger charge is 2.44. The molecule has 0 aliphatic heterocycles. The maximum Gasteiger partial charge on any atom is 0.224 e. The maximum atomic E-state index is 11.9. The average Bonchev–Trinajstić information content (AvgIpc) is 3.16. The van der Waals surface area contributed by atoms with Gasteiger partial charge < -0.3 is 11.1 Å². The van der Waals surface area contributed by atoms with Gasteiger partial charge in [0.15, 0.2) is 0 Å². The Bertz CT molecular complexity index is 429. The Balaban J connectivity index is 1.84. The molecule has 19 heavy (non-hydrogen) atoms. The first-order valence-corrected chi connectivity index (χ1v) is 7.61. The van der Waals surface area contributed by atoms with E-state index < -0.39 is 0 Å². The van der Waals surface area contributed by atoms with Crippen LogP contribution in [0.2, 0.25) is 0 Å². The molecule has 2 atom stereocenters. The van der Waals surface area contributed by atoms with Crippen LogP contribution in [0.5, 0.6) is 0 Å². The van der Waals surface area contributed by atoms with Crippen LogP contribution < -0.4 is 11.1 Å². The number of thioether (sulfide) groups is 1. The molecule has 3 nitrogen and oxygen atoms in total. The number of rotatable bonds is 6. The predicted molar refractivity (Wildman–Crippen MR) is 80.1 cm³/mol. The third-order valence-corrected chi connectivity index (χ3v) is 5.17. The summed E-state index contributed by atoms with van der Waals surface area (Å²) in [6, 6.07) is 10.3. The second-order valence-electron chi connectivity index (χ2n) is 5.46. The van der Waals surface area contributed by atoms with Gasteiger partial charge in [0.1, 0.15) is 0 Å². The molecule has 0 radical (unpaired) electrons. The van der Waals surface area contributed by atoms with E-state index in [4.69, 9.17) is 5.73 Å². The summed E-state index contributed by atoms with van der Waals surface area (Å²) in [5, 5.41) is 3.05. The van der Waals surface area contributed by atoms with Gasteiger partial charge in [0.05, 0.1) is 0 Å². The van der Waals surface area contributed by atoms with Crippen LogP contribution in [0.25, 0.3) is 0 Å². The molecule has 1 aromatic rings. The van der Waals surface area contributed by atoms with Crippen molar-refractivity contribution < 1.29 is 4.79 Å². The maximum absolute atomic E-state index is 11.9. The molecule has 0 spiro atoms. The molecule has 1 aromatic carbocycles. The quantitative estimate of drug-likeness (QED) is 0.840. The van der Waals surface area contributed by atoms with Crippen LogP contribution in [0, 0.1) is 5.92 Å². The van der Waals surface area contributed by atoms with Gasteiger partial charge in [-0.3, -0.25) is 4.79 Å². The first-order valence-electron chi connectivity index (χ1n) is 6.80. The third-order valence-electron chi connectivity index (χ3n) is 3.67. The van der Waals surface area contributed by atoms with Crippen LogP contribution in [0.15, 0.2) is 35.2 Å². The summed E-state index contributed by atoms with van der Waals surface area (Å²) in [5.41, 5.74) is 5.75. The van der Waals surface area contributed by atoms with Gasteiger partial charge in [0.25, 0.3) is 0 Å². The van der Waals surface area contributed by atoms with Gasteiger partial charge in [-0.05, 0) is 31.9 Å². The first kappa shape index (κ1) is 14.4. The molecule has 0 bridgehead atoms. The molecule has 1 aliphatic carbocycles. The Kier molecular flexibility index (Phi) is 4.53. The molecule has 3 N–H and O–H groups in total. The standard InChI is InChI=1S/C15H22N2OS/c1-11(12(2)16)14(18)17-10-15(8-9-15)19-13-6-4-3-5-7-13/h3-7,11-12H,8-10,16H2,1-2H3,(H,17,18). The number of carbonyl (C=O) groups is 1. The van der Waals surface area contributed by atoms with E-state index >= 15 is 0 Å². The van der Waals surface area contributed by atoms with Gasteiger partial charge in [-0.25, -0.2) is 0 Å². The Morgan fingerprint density at radius 3 is 2.53 bits per heavy atom. The van der Waals surface area contributed by atoms with E-state index in [1.165, 1.54) is 17.7 Å². The molecule has 104 valence electrons. The number of carbonyl (C=O) groups excluding carboxylic acids is 1. The van der Waals surface area contributed by atoms with E-state index in [0.717, 1.165) is 6.54 Å². The van der Waals surface area contributed by atoms with Gasteiger partial charge in [0, 0.05) is 28.1 Å². The van der Waals surface area contributed by atoms with Crippen LogP contribution in [0.4, 0.5) is 0 Å². The molecule has 0 aromatic heterocycles. The van der Waals surface area contributed by atoms with Crippen molar-refractivity contribution in [1.29, 1.82) is 0 Å². The molecule has 1 aliphatic rings. The Labute approximate surface area is 119 Å². The van der Waals surface area contributed by atoms with Crippen LogP contribution in [-0.4, -0.2) is 23.2 Å². The van der Waals surface area contributed by atoms with Gasteiger partial charge in [0.2, 0.25) is 5.91 Å². The molecule has 2 rings (SSSR count). The lowest BCUT2D eigenvalue weighted by molar-refractivity contribution is -0.124. The third kappa shape index (κ3) is 3.98. The summed E-state index contributed by atoms with van der Waals surface area (Å²) in [5.74, 6) is -0.0625. The fourth-order valence-corrected chi connectivity index (χ4v) is 3.08. The Morgan fingerprint density at radius 2 is 2.00 bits per heavy atom. The molecule has 0 heterocycles. The zero-order valence-corrected chi connectivity index (χ0v) is 12.4. The summed E-state index contributed by atoms with van der Waals surface area (Å²) in [6.45, 7) is 4.49. The summed E-state index contributed by atoms with van der Waals surface area (Å²) in [6.07, 6.45) is 2.33. The molecule has 0 saturated heterocycles. The number of nitrogens with two attached hydrogens (primary N) is 1. The zero-order chi connectivity index (χ0) is 13.9. The van der Waals surface area contributed by atoms with Crippen molar-refractivity contribution in [3.05, 3.63) is 30.3 Å². The highest BCUT2D eigenvalue weighted by Crippen LogP contribution is 2.51. The minimum absolute atomic E-state index is 0.0648. The minimum atomic E-state index is -0.127. The SMILES string of the molecule is CC(N)C(C)C(=O)NCC1(Sc2ccccc2)CC1. The van der Waals surface area contributed by atoms with E-state index in [-0.39, 0.29) is 22.6 Å². The fourth-order valence-electron chi connectivity index (χ4n) is 1.84. The molecule has 1 fully saturated rings. The van der Waals surface area contributed by atoms with Gasteiger partial charge in [-0.15, -0.1) is 11.8 Å². The fraction of sp³-hybridized carbons (Fsp3) is 0.533. The minimum Gasteiger partial charge on any atom is -0.354 e. The van der Waals surface area contributed by atoms with Crippen molar-refractivity contribution in [3.63, 3.8) is 0 Å². The largest absolute Gasteiger partial charge is 0.354 e. The molecule has 4 heteroatoms. The van der Waals surface area contributed by atoms with Crippen molar-refractivity contribution in [2.24, 2.45) is 11.7 Å². The summed E-state index contributed by atoms with van der Waals surface area (Å²) < 4.78 is 0.203.